The molecule has 3 N–H and O–H groups in total. The van der Waals surface area contributed by atoms with E-state index in [1.807, 2.05) is 0 Å². The molecule has 1 rings (SSSR count). The predicted molar refractivity (Wildman–Crippen MR) is 65.5 cm³/mol. The van der Waals surface area contributed by atoms with E-state index < -0.39 is 12.5 Å². The lowest BCUT2D eigenvalue weighted by Gasteiger charge is -2.17. The average molecular weight is 317 g/mol. The maximum Gasteiger partial charge on any atom is 0.257 e. The van der Waals surface area contributed by atoms with Crippen LogP contribution in [0.2, 0.25) is 0 Å². The zero-order valence-corrected chi connectivity index (χ0v) is 11.2. The molecule has 0 radical (unpaired) electrons. The van der Waals surface area contributed by atoms with Gasteiger partial charge in [0, 0.05) is 10.0 Å². The van der Waals surface area contributed by atoms with Crippen LogP contribution in [0.5, 0.6) is 5.75 Å². The van der Waals surface area contributed by atoms with Gasteiger partial charge in [-0.25, -0.2) is 8.78 Å². The number of phenols is 1. The highest BCUT2D eigenvalue weighted by Gasteiger charge is 2.24. The van der Waals surface area contributed by atoms with Crippen molar-refractivity contribution in [2.75, 3.05) is 0 Å². The van der Waals surface area contributed by atoms with E-state index in [9.17, 15) is 13.9 Å². The zero-order valence-electron chi connectivity index (χ0n) is 8.80. The Morgan fingerprint density at radius 1 is 1.38 bits per heavy atom. The van der Waals surface area contributed by atoms with Crippen LogP contribution in [0.1, 0.15) is 22.7 Å². The smallest absolute Gasteiger partial charge is 0.257 e. The molecule has 0 saturated carbocycles. The maximum atomic E-state index is 12.5. The summed E-state index contributed by atoms with van der Waals surface area (Å²) in [7, 11) is 0. The lowest BCUT2D eigenvalue weighted by molar-refractivity contribution is 0.115. The monoisotopic (exact) mass is 315 g/mol. The normalized spacial score (nSPS) is 12.4. The highest BCUT2D eigenvalue weighted by atomic mass is 79.9. The van der Waals surface area contributed by atoms with Crippen molar-refractivity contribution in [1.82, 2.24) is 0 Å². The number of phenolic OH excluding ortho intramolecular Hbond substituents is 1. The van der Waals surface area contributed by atoms with Crippen molar-refractivity contribution < 1.29 is 13.9 Å². The standard InChI is InChI=1S/C10H12BrF2NO.ClH/c1-4-3-6(15)7(5(2)8(4)11)9(14)10(12)13;/h3,9-10,15H,14H2,1-2H3;1H/t9-;/m0./s1. The Balaban J connectivity index is 0.00000225. The first kappa shape index (κ1) is 15.6. The second-order valence-corrected chi connectivity index (χ2v) is 4.22. The van der Waals surface area contributed by atoms with E-state index in [4.69, 9.17) is 5.73 Å². The number of alkyl halides is 2. The van der Waals surface area contributed by atoms with Gasteiger partial charge in [-0.2, -0.15) is 0 Å². The topological polar surface area (TPSA) is 46.2 Å². The van der Waals surface area contributed by atoms with E-state index in [0.717, 1.165) is 5.56 Å². The van der Waals surface area contributed by atoms with Crippen LogP contribution < -0.4 is 5.73 Å². The number of nitrogens with two attached hydrogens (primary N) is 1. The number of aryl methyl sites for hydroxylation is 1. The summed E-state index contributed by atoms with van der Waals surface area (Å²) in [5.41, 5.74) is 6.77. The first-order chi connectivity index (χ1) is 6.86. The summed E-state index contributed by atoms with van der Waals surface area (Å²) in [5, 5.41) is 9.58. The first-order valence-electron chi connectivity index (χ1n) is 4.38. The number of benzene rings is 1. The maximum absolute atomic E-state index is 12.5. The van der Waals surface area contributed by atoms with E-state index in [-0.39, 0.29) is 23.7 Å². The molecule has 0 unspecified atom stereocenters. The molecule has 0 bridgehead atoms. The SMILES string of the molecule is Cc1cc(O)c([C@H](N)C(F)F)c(C)c1Br.Cl. The van der Waals surface area contributed by atoms with Gasteiger partial charge < -0.3 is 10.8 Å². The van der Waals surface area contributed by atoms with Crippen LogP contribution in [0.3, 0.4) is 0 Å². The van der Waals surface area contributed by atoms with Gasteiger partial charge in [-0.05, 0) is 31.0 Å². The molecular formula is C10H13BrClF2NO. The number of hydrogen-bond acceptors (Lipinski definition) is 2. The molecule has 0 aromatic heterocycles. The largest absolute Gasteiger partial charge is 0.508 e. The van der Waals surface area contributed by atoms with Gasteiger partial charge in [0.15, 0.2) is 0 Å². The number of halogens is 4. The van der Waals surface area contributed by atoms with Crippen molar-refractivity contribution in [3.05, 3.63) is 27.2 Å². The Morgan fingerprint density at radius 3 is 2.31 bits per heavy atom. The van der Waals surface area contributed by atoms with Crippen molar-refractivity contribution in [3.63, 3.8) is 0 Å². The molecule has 1 aromatic carbocycles. The molecule has 0 heterocycles. The zero-order chi connectivity index (χ0) is 11.7. The van der Waals surface area contributed by atoms with Crippen LogP contribution in [0.25, 0.3) is 0 Å². The van der Waals surface area contributed by atoms with E-state index in [1.165, 1.54) is 6.07 Å². The summed E-state index contributed by atoms with van der Waals surface area (Å²) in [4.78, 5) is 0. The summed E-state index contributed by atoms with van der Waals surface area (Å²) in [6.45, 7) is 3.42. The molecule has 92 valence electrons. The van der Waals surface area contributed by atoms with E-state index in [0.29, 0.717) is 10.0 Å². The van der Waals surface area contributed by atoms with Crippen molar-refractivity contribution in [3.8, 4) is 5.75 Å². The highest BCUT2D eigenvalue weighted by Crippen LogP contribution is 2.36. The van der Waals surface area contributed by atoms with Crippen LogP contribution in [-0.2, 0) is 0 Å². The summed E-state index contributed by atoms with van der Waals surface area (Å²) in [6.07, 6.45) is -2.69. The summed E-state index contributed by atoms with van der Waals surface area (Å²) in [5.74, 6) is -0.180. The lowest BCUT2D eigenvalue weighted by atomic mass is 9.98. The Bertz CT molecular complexity index is 388. The number of rotatable bonds is 2. The molecule has 1 aromatic rings. The van der Waals surface area contributed by atoms with Crippen LogP contribution in [0.15, 0.2) is 10.5 Å². The van der Waals surface area contributed by atoms with Gasteiger partial charge in [-0.15, -0.1) is 12.4 Å². The van der Waals surface area contributed by atoms with Crippen LogP contribution >= 0.6 is 28.3 Å². The second-order valence-electron chi connectivity index (χ2n) is 3.43. The molecule has 6 heteroatoms. The van der Waals surface area contributed by atoms with Gasteiger partial charge in [0.2, 0.25) is 0 Å². The molecule has 0 aliphatic rings. The minimum absolute atomic E-state index is 0. The molecule has 16 heavy (non-hydrogen) atoms. The van der Waals surface area contributed by atoms with E-state index in [1.54, 1.807) is 13.8 Å². The van der Waals surface area contributed by atoms with E-state index in [2.05, 4.69) is 15.9 Å². The van der Waals surface area contributed by atoms with Gasteiger partial charge in [-0.3, -0.25) is 0 Å². The number of hydrogen-bond donors (Lipinski definition) is 2. The quantitative estimate of drug-likeness (QED) is 0.878. The van der Waals surface area contributed by atoms with Crippen molar-refractivity contribution in [2.45, 2.75) is 26.3 Å². The third-order valence-corrected chi connectivity index (χ3v) is 3.53. The van der Waals surface area contributed by atoms with Crippen molar-refractivity contribution in [2.24, 2.45) is 5.73 Å². The fourth-order valence-corrected chi connectivity index (χ4v) is 1.83. The third kappa shape index (κ3) is 2.84. The fraction of sp³-hybridized carbons (Fsp3) is 0.400. The van der Waals surface area contributed by atoms with Gasteiger partial charge in [0.25, 0.3) is 6.43 Å². The van der Waals surface area contributed by atoms with E-state index >= 15 is 0 Å². The van der Waals surface area contributed by atoms with Gasteiger partial charge in [-0.1, -0.05) is 15.9 Å². The Labute approximate surface area is 107 Å². The molecule has 0 spiro atoms. The number of aromatic hydroxyl groups is 1. The van der Waals surface area contributed by atoms with Crippen LogP contribution in [-0.4, -0.2) is 11.5 Å². The second kappa shape index (κ2) is 5.80. The molecule has 0 aliphatic heterocycles. The average Bonchev–Trinajstić information content (AvgIpc) is 2.14. The third-order valence-electron chi connectivity index (χ3n) is 2.31. The van der Waals surface area contributed by atoms with Gasteiger partial charge in [0.1, 0.15) is 5.75 Å². The van der Waals surface area contributed by atoms with Crippen molar-refractivity contribution >= 4 is 28.3 Å². The lowest BCUT2D eigenvalue weighted by Crippen LogP contribution is -2.20. The minimum atomic E-state index is -2.69. The molecule has 0 amide bonds. The molecule has 0 saturated heterocycles. The molecular weight excluding hydrogens is 303 g/mol. The predicted octanol–water partition coefficient (Wildman–Crippen LogP) is 3.46. The summed E-state index contributed by atoms with van der Waals surface area (Å²) < 4.78 is 25.6. The van der Waals surface area contributed by atoms with Crippen LogP contribution in [0.4, 0.5) is 8.78 Å². The fourth-order valence-electron chi connectivity index (χ4n) is 1.50. The van der Waals surface area contributed by atoms with Crippen molar-refractivity contribution in [1.29, 1.82) is 0 Å². The van der Waals surface area contributed by atoms with Gasteiger partial charge >= 0.3 is 0 Å². The highest BCUT2D eigenvalue weighted by molar-refractivity contribution is 9.10. The van der Waals surface area contributed by atoms with Gasteiger partial charge in [0.05, 0.1) is 6.04 Å². The summed E-state index contributed by atoms with van der Waals surface area (Å²) >= 11 is 3.27. The Kier molecular flexibility index (Phi) is 5.65. The molecule has 0 fully saturated rings. The Hall–Kier alpha value is -0.390. The molecule has 1 atom stereocenters. The summed E-state index contributed by atoms with van der Waals surface area (Å²) in [6, 6.07) is -0.0313. The molecule has 0 aliphatic carbocycles. The first-order valence-corrected chi connectivity index (χ1v) is 5.17. The molecule has 2 nitrogen and oxygen atoms in total. The Morgan fingerprint density at radius 2 is 1.88 bits per heavy atom. The van der Waals surface area contributed by atoms with Crippen LogP contribution in [0, 0.1) is 13.8 Å². The minimum Gasteiger partial charge on any atom is -0.508 e.